The Morgan fingerprint density at radius 1 is 1.30 bits per heavy atom. The molecule has 2 aromatic carbocycles. The van der Waals surface area contributed by atoms with Crippen molar-refractivity contribution in [2.75, 3.05) is 18.1 Å². The van der Waals surface area contributed by atoms with E-state index in [1.165, 1.54) is 35.6 Å². The fourth-order valence-corrected chi connectivity index (χ4v) is 4.49. The van der Waals surface area contributed by atoms with E-state index < -0.39 is 0 Å². The molecule has 0 spiro atoms. The van der Waals surface area contributed by atoms with Crippen LogP contribution in [-0.2, 0) is 4.74 Å². The van der Waals surface area contributed by atoms with E-state index in [2.05, 4.69) is 13.0 Å². The van der Waals surface area contributed by atoms with Gasteiger partial charge in [0.15, 0.2) is 5.13 Å². The molecule has 0 N–H and O–H groups in total. The first kappa shape index (κ1) is 18.1. The van der Waals surface area contributed by atoms with Crippen LogP contribution >= 0.6 is 11.3 Å². The Morgan fingerprint density at radius 2 is 2.07 bits per heavy atom. The smallest absolute Gasteiger partial charge is 0.260 e. The summed E-state index contributed by atoms with van der Waals surface area (Å²) in [6.07, 6.45) is 1.93. The average Bonchev–Trinajstić information content (AvgIpc) is 3.29. The highest BCUT2D eigenvalue weighted by molar-refractivity contribution is 7.22. The normalized spacial score (nSPS) is 16.8. The van der Waals surface area contributed by atoms with Crippen molar-refractivity contribution in [1.29, 1.82) is 0 Å². The summed E-state index contributed by atoms with van der Waals surface area (Å²) in [7, 11) is 0. The number of aromatic nitrogens is 1. The molecule has 1 amide bonds. The first-order chi connectivity index (χ1) is 13.0. The van der Waals surface area contributed by atoms with Gasteiger partial charge in [-0.05, 0) is 68.1 Å². The van der Waals surface area contributed by atoms with E-state index in [0.717, 1.165) is 40.8 Å². The average molecular weight is 384 g/mol. The van der Waals surface area contributed by atoms with Crippen molar-refractivity contribution in [1.82, 2.24) is 4.98 Å². The second kappa shape index (κ2) is 7.37. The number of hydrogen-bond acceptors (Lipinski definition) is 4. The van der Waals surface area contributed by atoms with E-state index in [4.69, 9.17) is 9.72 Å². The van der Waals surface area contributed by atoms with Gasteiger partial charge in [0.1, 0.15) is 5.82 Å². The molecule has 4 nitrogen and oxygen atoms in total. The molecule has 3 aromatic rings. The maximum atomic E-state index is 13.3. The second-order valence-electron chi connectivity index (χ2n) is 6.98. The lowest BCUT2D eigenvalue weighted by Crippen LogP contribution is -2.37. The van der Waals surface area contributed by atoms with Gasteiger partial charge in [0.05, 0.1) is 22.9 Å². The van der Waals surface area contributed by atoms with Crippen molar-refractivity contribution in [2.24, 2.45) is 0 Å². The van der Waals surface area contributed by atoms with Crippen molar-refractivity contribution in [3.8, 4) is 0 Å². The van der Waals surface area contributed by atoms with Crippen LogP contribution in [0.15, 0.2) is 36.4 Å². The molecule has 1 aliphatic rings. The van der Waals surface area contributed by atoms with E-state index in [1.807, 2.05) is 13.0 Å². The topological polar surface area (TPSA) is 42.4 Å². The first-order valence-electron chi connectivity index (χ1n) is 9.08. The number of thiazole rings is 1. The number of carbonyl (C=O) groups is 1. The van der Waals surface area contributed by atoms with Gasteiger partial charge in [-0.25, -0.2) is 9.37 Å². The van der Waals surface area contributed by atoms with Crippen LogP contribution in [0.2, 0.25) is 0 Å². The predicted octanol–water partition coefficient (Wildman–Crippen LogP) is 4.88. The number of fused-ring (bicyclic) bond motifs is 1. The molecule has 1 fully saturated rings. The highest BCUT2D eigenvalue weighted by atomic mass is 32.1. The van der Waals surface area contributed by atoms with Crippen LogP contribution < -0.4 is 4.90 Å². The summed E-state index contributed by atoms with van der Waals surface area (Å²) in [5.41, 5.74) is 3.64. The number of aryl methyl sites for hydroxylation is 2. The molecule has 0 saturated carbocycles. The second-order valence-corrected chi connectivity index (χ2v) is 7.96. The quantitative estimate of drug-likeness (QED) is 0.644. The third kappa shape index (κ3) is 3.73. The number of carbonyl (C=O) groups excluding carboxylic acids is 1. The van der Waals surface area contributed by atoms with Gasteiger partial charge in [0.25, 0.3) is 5.91 Å². The third-order valence-corrected chi connectivity index (χ3v) is 6.02. The maximum absolute atomic E-state index is 13.3. The number of anilines is 1. The van der Waals surface area contributed by atoms with Crippen molar-refractivity contribution in [3.63, 3.8) is 0 Å². The summed E-state index contributed by atoms with van der Waals surface area (Å²) < 4.78 is 20.1. The van der Waals surface area contributed by atoms with Gasteiger partial charge in [-0.2, -0.15) is 0 Å². The molecular formula is C21H21FN2O2S. The molecule has 1 aliphatic heterocycles. The fraction of sp³-hybridized carbons (Fsp3) is 0.333. The molecular weight excluding hydrogens is 363 g/mol. The number of halogens is 1. The zero-order chi connectivity index (χ0) is 19.0. The minimum Gasteiger partial charge on any atom is -0.376 e. The summed E-state index contributed by atoms with van der Waals surface area (Å²) in [6, 6.07) is 9.81. The highest BCUT2D eigenvalue weighted by Crippen LogP contribution is 2.33. The van der Waals surface area contributed by atoms with Gasteiger partial charge in [-0.15, -0.1) is 0 Å². The summed E-state index contributed by atoms with van der Waals surface area (Å²) in [5, 5.41) is 0.656. The van der Waals surface area contributed by atoms with Crippen molar-refractivity contribution in [3.05, 3.63) is 58.9 Å². The Labute approximate surface area is 161 Å². The van der Waals surface area contributed by atoms with Gasteiger partial charge in [-0.1, -0.05) is 17.4 Å². The van der Waals surface area contributed by atoms with Crippen LogP contribution in [0.25, 0.3) is 10.2 Å². The van der Waals surface area contributed by atoms with Crippen LogP contribution in [0, 0.1) is 19.7 Å². The number of rotatable bonds is 4. The lowest BCUT2D eigenvalue weighted by Gasteiger charge is -2.23. The predicted molar refractivity (Wildman–Crippen MR) is 106 cm³/mol. The Kier molecular flexibility index (Phi) is 4.93. The molecule has 2 heterocycles. The number of hydrogen-bond donors (Lipinski definition) is 0. The summed E-state index contributed by atoms with van der Waals surface area (Å²) in [5.74, 6) is -0.540. The van der Waals surface area contributed by atoms with Gasteiger partial charge < -0.3 is 4.74 Å². The maximum Gasteiger partial charge on any atom is 0.260 e. The molecule has 27 heavy (non-hydrogen) atoms. The molecule has 0 bridgehead atoms. The van der Waals surface area contributed by atoms with Crippen molar-refractivity contribution < 1.29 is 13.9 Å². The van der Waals surface area contributed by atoms with Crippen molar-refractivity contribution in [2.45, 2.75) is 32.8 Å². The minimum atomic E-state index is -0.358. The van der Waals surface area contributed by atoms with Crippen LogP contribution in [0.1, 0.15) is 34.3 Å². The summed E-state index contributed by atoms with van der Waals surface area (Å²) in [6.45, 7) is 5.28. The van der Waals surface area contributed by atoms with E-state index in [9.17, 15) is 9.18 Å². The Hall–Kier alpha value is -2.31. The largest absolute Gasteiger partial charge is 0.376 e. The molecule has 1 unspecified atom stereocenters. The zero-order valence-electron chi connectivity index (χ0n) is 15.4. The number of amides is 1. The molecule has 1 atom stereocenters. The number of ether oxygens (including phenoxy) is 1. The standard InChI is InChI=1S/C21H21FN2O2S/c1-13-10-14(2)19-18(11-13)23-21(27-19)24(12-17-4-3-9-26-17)20(25)15-5-7-16(22)8-6-15/h5-8,10-11,17H,3-4,9,12H2,1-2H3. The molecule has 4 rings (SSSR count). The summed E-state index contributed by atoms with van der Waals surface area (Å²) >= 11 is 1.51. The van der Waals surface area contributed by atoms with E-state index in [1.54, 1.807) is 4.90 Å². The van der Waals surface area contributed by atoms with E-state index >= 15 is 0 Å². The Morgan fingerprint density at radius 3 is 2.78 bits per heavy atom. The zero-order valence-corrected chi connectivity index (χ0v) is 16.2. The van der Waals surface area contributed by atoms with Gasteiger partial charge in [0, 0.05) is 12.2 Å². The molecule has 0 radical (unpaired) electrons. The fourth-order valence-electron chi connectivity index (χ4n) is 3.47. The third-order valence-electron chi connectivity index (χ3n) is 4.79. The molecule has 0 aliphatic carbocycles. The highest BCUT2D eigenvalue weighted by Gasteiger charge is 2.27. The minimum absolute atomic E-state index is 0.00393. The molecule has 1 saturated heterocycles. The van der Waals surface area contributed by atoms with E-state index in [0.29, 0.717) is 17.2 Å². The monoisotopic (exact) mass is 384 g/mol. The molecule has 6 heteroatoms. The van der Waals surface area contributed by atoms with Crippen LogP contribution in [0.4, 0.5) is 9.52 Å². The Balaban J connectivity index is 1.74. The SMILES string of the molecule is Cc1cc(C)c2sc(N(CC3CCCO3)C(=O)c3ccc(F)cc3)nc2c1. The van der Waals surface area contributed by atoms with Crippen molar-refractivity contribution >= 4 is 32.6 Å². The summed E-state index contributed by atoms with van der Waals surface area (Å²) in [4.78, 5) is 19.6. The van der Waals surface area contributed by atoms with Gasteiger partial charge >= 0.3 is 0 Å². The van der Waals surface area contributed by atoms with Crippen LogP contribution in [-0.4, -0.2) is 30.1 Å². The van der Waals surface area contributed by atoms with Gasteiger partial charge in [0.2, 0.25) is 0 Å². The van der Waals surface area contributed by atoms with Crippen LogP contribution in [0.5, 0.6) is 0 Å². The lowest BCUT2D eigenvalue weighted by molar-refractivity contribution is 0.0917. The molecule has 140 valence electrons. The number of nitrogens with zero attached hydrogens (tertiary/aromatic N) is 2. The first-order valence-corrected chi connectivity index (χ1v) is 9.90. The van der Waals surface area contributed by atoms with Gasteiger partial charge in [-0.3, -0.25) is 9.69 Å². The lowest BCUT2D eigenvalue weighted by atomic mass is 10.1. The Bertz CT molecular complexity index is 978. The molecule has 1 aromatic heterocycles. The number of benzene rings is 2. The van der Waals surface area contributed by atoms with Crippen LogP contribution in [0.3, 0.4) is 0 Å². The van der Waals surface area contributed by atoms with E-state index in [-0.39, 0.29) is 17.8 Å².